The Balaban J connectivity index is 2.59. The topological polar surface area (TPSA) is 79.2 Å². The van der Waals surface area contributed by atoms with E-state index in [9.17, 15) is 9.59 Å². The molecule has 0 aromatic heterocycles. The third-order valence-electron chi connectivity index (χ3n) is 2.73. The van der Waals surface area contributed by atoms with Crippen LogP contribution in [0, 0.1) is 11.3 Å². The van der Waals surface area contributed by atoms with Gasteiger partial charge in [-0.2, -0.15) is 5.26 Å². The summed E-state index contributed by atoms with van der Waals surface area (Å²) < 4.78 is 4.57. The summed E-state index contributed by atoms with van der Waals surface area (Å²) in [4.78, 5) is 22.6. The van der Waals surface area contributed by atoms with Gasteiger partial charge in [-0.15, -0.1) is 0 Å². The van der Waals surface area contributed by atoms with Crippen LogP contribution in [0.25, 0.3) is 0 Å². The van der Waals surface area contributed by atoms with Gasteiger partial charge in [-0.25, -0.2) is 4.79 Å². The van der Waals surface area contributed by atoms with Crippen LogP contribution in [0.3, 0.4) is 0 Å². The molecule has 1 aliphatic rings. The van der Waals surface area contributed by atoms with E-state index in [-0.39, 0.29) is 6.61 Å². The minimum atomic E-state index is -0.914. The van der Waals surface area contributed by atoms with Crippen LogP contribution in [0.1, 0.15) is 39.0 Å². The number of carbonyl (C=O) groups is 2. The normalized spacial score (nSPS) is 18.2. The first kappa shape index (κ1) is 12.5. The van der Waals surface area contributed by atoms with E-state index in [4.69, 9.17) is 5.26 Å². The number of carbonyl (C=O) groups excluding carboxylic acids is 2. The summed E-state index contributed by atoms with van der Waals surface area (Å²) in [6.45, 7) is 1.79. The average molecular weight is 224 g/mol. The van der Waals surface area contributed by atoms with Crippen molar-refractivity contribution >= 4 is 11.9 Å². The van der Waals surface area contributed by atoms with E-state index in [0.29, 0.717) is 12.8 Å². The van der Waals surface area contributed by atoms with Crippen LogP contribution >= 0.6 is 0 Å². The van der Waals surface area contributed by atoms with Crippen molar-refractivity contribution in [2.24, 2.45) is 0 Å². The molecular formula is C11H16N2O3. The lowest BCUT2D eigenvalue weighted by Gasteiger charge is -2.30. The molecule has 0 bridgehead atoms. The number of nitrogens with one attached hydrogen (secondary N) is 1. The lowest BCUT2D eigenvalue weighted by molar-refractivity contribution is -0.155. The van der Waals surface area contributed by atoms with Gasteiger partial charge in [0.15, 0.2) is 0 Å². The van der Waals surface area contributed by atoms with Gasteiger partial charge >= 0.3 is 11.9 Å². The molecule has 1 rings (SSSR count). The number of esters is 1. The number of hydrogen-bond donors (Lipinski definition) is 1. The Kier molecular flexibility index (Phi) is 4.29. The van der Waals surface area contributed by atoms with Crippen molar-refractivity contribution in [2.75, 3.05) is 6.61 Å². The molecule has 1 N–H and O–H groups in total. The van der Waals surface area contributed by atoms with Crippen molar-refractivity contribution in [3.05, 3.63) is 0 Å². The highest BCUT2D eigenvalue weighted by molar-refractivity contribution is 6.32. The standard InChI is InChI=1S/C11H16N2O3/c1-2-16-10(15)9(14)13-11(8-12)6-4-3-5-7-11/h2-7H2,1H3,(H,13,14). The highest BCUT2D eigenvalue weighted by Crippen LogP contribution is 2.27. The van der Waals surface area contributed by atoms with Crippen molar-refractivity contribution in [3.63, 3.8) is 0 Å². The van der Waals surface area contributed by atoms with Gasteiger partial charge in [0, 0.05) is 0 Å². The number of rotatable bonds is 2. The summed E-state index contributed by atoms with van der Waals surface area (Å²) in [5.74, 6) is -1.73. The van der Waals surface area contributed by atoms with E-state index < -0.39 is 17.4 Å². The zero-order chi connectivity index (χ0) is 12.0. The molecule has 1 fully saturated rings. The molecule has 0 heterocycles. The maximum absolute atomic E-state index is 11.4. The molecule has 1 saturated carbocycles. The Morgan fingerprint density at radius 3 is 2.50 bits per heavy atom. The minimum Gasteiger partial charge on any atom is -0.459 e. The number of hydrogen-bond acceptors (Lipinski definition) is 4. The number of amides is 1. The van der Waals surface area contributed by atoms with E-state index in [1.54, 1.807) is 6.92 Å². The number of nitriles is 1. The fourth-order valence-electron chi connectivity index (χ4n) is 1.89. The van der Waals surface area contributed by atoms with E-state index in [1.807, 2.05) is 0 Å². The zero-order valence-electron chi connectivity index (χ0n) is 9.41. The SMILES string of the molecule is CCOC(=O)C(=O)NC1(C#N)CCCCC1. The maximum Gasteiger partial charge on any atom is 0.396 e. The number of nitrogens with zero attached hydrogens (tertiary/aromatic N) is 1. The minimum absolute atomic E-state index is 0.159. The lowest BCUT2D eigenvalue weighted by atomic mass is 9.83. The molecule has 0 spiro atoms. The Bertz CT molecular complexity index is 314. The molecule has 0 aromatic rings. The van der Waals surface area contributed by atoms with Crippen LogP contribution in [-0.4, -0.2) is 24.0 Å². The summed E-state index contributed by atoms with van der Waals surface area (Å²) in [5.41, 5.74) is -0.873. The van der Waals surface area contributed by atoms with Crippen molar-refractivity contribution in [2.45, 2.75) is 44.6 Å². The number of ether oxygens (including phenoxy) is 1. The quantitative estimate of drug-likeness (QED) is 0.558. The van der Waals surface area contributed by atoms with Gasteiger partial charge in [0.05, 0.1) is 12.7 Å². The highest BCUT2D eigenvalue weighted by Gasteiger charge is 2.35. The Hall–Kier alpha value is -1.57. The fourth-order valence-corrected chi connectivity index (χ4v) is 1.89. The molecule has 0 saturated heterocycles. The molecule has 5 heteroatoms. The third-order valence-corrected chi connectivity index (χ3v) is 2.73. The van der Waals surface area contributed by atoms with Crippen molar-refractivity contribution < 1.29 is 14.3 Å². The molecule has 1 amide bonds. The van der Waals surface area contributed by atoms with Crippen LogP contribution in [0.5, 0.6) is 0 Å². The van der Waals surface area contributed by atoms with Crippen LogP contribution < -0.4 is 5.32 Å². The van der Waals surface area contributed by atoms with Crippen molar-refractivity contribution in [1.82, 2.24) is 5.32 Å². The van der Waals surface area contributed by atoms with E-state index in [0.717, 1.165) is 19.3 Å². The largest absolute Gasteiger partial charge is 0.459 e. The van der Waals surface area contributed by atoms with Gasteiger partial charge < -0.3 is 10.1 Å². The summed E-state index contributed by atoms with van der Waals surface area (Å²) in [6, 6.07) is 2.11. The molecule has 0 radical (unpaired) electrons. The molecule has 5 nitrogen and oxygen atoms in total. The second kappa shape index (κ2) is 5.50. The van der Waals surface area contributed by atoms with Gasteiger partial charge in [0.1, 0.15) is 5.54 Å². The third kappa shape index (κ3) is 2.96. The molecular weight excluding hydrogens is 208 g/mol. The molecule has 0 atom stereocenters. The first-order chi connectivity index (χ1) is 7.63. The molecule has 1 aliphatic carbocycles. The van der Waals surface area contributed by atoms with Gasteiger partial charge in [-0.1, -0.05) is 19.3 Å². The summed E-state index contributed by atoms with van der Waals surface area (Å²) in [6.07, 6.45) is 4.08. The average Bonchev–Trinajstić information content (AvgIpc) is 2.30. The predicted molar refractivity (Wildman–Crippen MR) is 56.2 cm³/mol. The van der Waals surface area contributed by atoms with Crippen LogP contribution in [-0.2, 0) is 14.3 Å². The molecule has 0 aromatic carbocycles. The van der Waals surface area contributed by atoms with Crippen LogP contribution in [0.15, 0.2) is 0 Å². The fraction of sp³-hybridized carbons (Fsp3) is 0.727. The summed E-state index contributed by atoms with van der Waals surface area (Å²) >= 11 is 0. The van der Waals surface area contributed by atoms with Crippen molar-refractivity contribution in [1.29, 1.82) is 5.26 Å². The van der Waals surface area contributed by atoms with Crippen molar-refractivity contribution in [3.8, 4) is 6.07 Å². The summed E-state index contributed by atoms with van der Waals surface area (Å²) in [5, 5.41) is 11.6. The second-order valence-corrected chi connectivity index (χ2v) is 3.93. The van der Waals surface area contributed by atoms with E-state index in [2.05, 4.69) is 16.1 Å². The molecule has 0 aliphatic heterocycles. The highest BCUT2D eigenvalue weighted by atomic mass is 16.5. The Morgan fingerprint density at radius 1 is 1.38 bits per heavy atom. The zero-order valence-corrected chi connectivity index (χ0v) is 9.41. The van der Waals surface area contributed by atoms with Gasteiger partial charge in [0.2, 0.25) is 0 Å². The Morgan fingerprint density at radius 2 is 2.00 bits per heavy atom. The first-order valence-corrected chi connectivity index (χ1v) is 5.54. The Labute approximate surface area is 94.8 Å². The molecule has 0 unspecified atom stereocenters. The van der Waals surface area contributed by atoms with Gasteiger partial charge in [-0.3, -0.25) is 4.79 Å². The van der Waals surface area contributed by atoms with E-state index in [1.165, 1.54) is 0 Å². The van der Waals surface area contributed by atoms with Crippen LogP contribution in [0.4, 0.5) is 0 Å². The molecule has 16 heavy (non-hydrogen) atoms. The van der Waals surface area contributed by atoms with E-state index >= 15 is 0 Å². The monoisotopic (exact) mass is 224 g/mol. The predicted octanol–water partition coefficient (Wildman–Crippen LogP) is 0.892. The maximum atomic E-state index is 11.4. The molecule has 88 valence electrons. The van der Waals surface area contributed by atoms with Gasteiger partial charge in [-0.05, 0) is 19.8 Å². The smallest absolute Gasteiger partial charge is 0.396 e. The lowest BCUT2D eigenvalue weighted by Crippen LogP contribution is -2.51. The van der Waals surface area contributed by atoms with Crippen LogP contribution in [0.2, 0.25) is 0 Å². The summed E-state index contributed by atoms with van der Waals surface area (Å²) in [7, 11) is 0. The second-order valence-electron chi connectivity index (χ2n) is 3.93. The first-order valence-electron chi connectivity index (χ1n) is 5.54. The van der Waals surface area contributed by atoms with Gasteiger partial charge in [0.25, 0.3) is 0 Å².